The molecule has 1 aliphatic carbocycles. The largest absolute Gasteiger partial charge is 0.497 e. The van der Waals surface area contributed by atoms with Gasteiger partial charge in [-0.25, -0.2) is 0 Å². The molecule has 0 radical (unpaired) electrons. The Kier molecular flexibility index (Phi) is 5.35. The number of aromatic nitrogens is 2. The van der Waals surface area contributed by atoms with E-state index in [1.807, 2.05) is 35.1 Å². The first-order valence-electron chi connectivity index (χ1n) is 9.38. The lowest BCUT2D eigenvalue weighted by atomic mass is 9.92. The Bertz CT molecular complexity index is 982. The zero-order valence-electron chi connectivity index (χ0n) is 15.7. The molecule has 0 saturated heterocycles. The summed E-state index contributed by atoms with van der Waals surface area (Å²) in [7, 11) is 1.61. The molecule has 1 heterocycles. The molecule has 1 N–H and O–H groups in total. The molecule has 3 aromatic rings. The van der Waals surface area contributed by atoms with E-state index in [1.165, 1.54) is 5.69 Å². The van der Waals surface area contributed by atoms with Gasteiger partial charge in [0.1, 0.15) is 5.75 Å². The van der Waals surface area contributed by atoms with E-state index in [9.17, 15) is 4.79 Å². The van der Waals surface area contributed by atoms with Crippen molar-refractivity contribution < 1.29 is 9.53 Å². The van der Waals surface area contributed by atoms with Crippen LogP contribution in [0, 0.1) is 0 Å². The summed E-state index contributed by atoms with van der Waals surface area (Å²) in [6.07, 6.45) is 4.75. The highest BCUT2D eigenvalue weighted by Gasteiger charge is 2.26. The fraction of sp³-hybridized carbons (Fsp3) is 0.273. The number of methoxy groups -OCH3 is 1. The zero-order valence-corrected chi connectivity index (χ0v) is 16.4. The molecule has 0 aliphatic heterocycles. The average Bonchev–Trinajstić information content (AvgIpc) is 3.14. The summed E-state index contributed by atoms with van der Waals surface area (Å²) in [5.74, 6) is 0.650. The molecule has 0 unspecified atom stereocenters. The molecule has 1 atom stereocenters. The van der Waals surface area contributed by atoms with Crippen LogP contribution in [0.3, 0.4) is 0 Å². The molecule has 2 aromatic carbocycles. The molecule has 1 aromatic heterocycles. The minimum atomic E-state index is -0.0839. The Labute approximate surface area is 169 Å². The second-order valence-corrected chi connectivity index (χ2v) is 7.35. The van der Waals surface area contributed by atoms with Crippen LogP contribution in [0.2, 0.25) is 5.02 Å². The molecular formula is C22H22ClN3O2. The van der Waals surface area contributed by atoms with Gasteiger partial charge in [-0.2, -0.15) is 5.10 Å². The Hall–Kier alpha value is -2.79. The van der Waals surface area contributed by atoms with Crippen LogP contribution in [-0.4, -0.2) is 22.8 Å². The van der Waals surface area contributed by atoms with Crippen LogP contribution in [0.5, 0.6) is 5.75 Å². The summed E-state index contributed by atoms with van der Waals surface area (Å²) >= 11 is 6.30. The number of nitrogens with zero attached hydrogens (tertiary/aromatic N) is 2. The van der Waals surface area contributed by atoms with E-state index in [0.717, 1.165) is 41.2 Å². The van der Waals surface area contributed by atoms with Gasteiger partial charge in [-0.05, 0) is 55.2 Å². The fourth-order valence-corrected chi connectivity index (χ4v) is 3.87. The number of benzene rings is 2. The summed E-state index contributed by atoms with van der Waals surface area (Å²) in [6.45, 7) is 0.633. The van der Waals surface area contributed by atoms with Crippen molar-refractivity contribution in [3.05, 3.63) is 82.1 Å². The van der Waals surface area contributed by atoms with E-state index in [1.54, 1.807) is 31.4 Å². The number of nitrogens with one attached hydrogen (secondary N) is 1. The van der Waals surface area contributed by atoms with Crippen molar-refractivity contribution in [2.45, 2.75) is 31.8 Å². The molecule has 4 rings (SSSR count). The molecule has 0 fully saturated rings. The number of hydrogen-bond acceptors (Lipinski definition) is 3. The van der Waals surface area contributed by atoms with Gasteiger partial charge < -0.3 is 10.1 Å². The summed E-state index contributed by atoms with van der Waals surface area (Å²) in [4.78, 5) is 12.7. The van der Waals surface area contributed by atoms with Gasteiger partial charge in [0.15, 0.2) is 0 Å². The van der Waals surface area contributed by atoms with Gasteiger partial charge in [-0.1, -0.05) is 29.8 Å². The smallest absolute Gasteiger partial charge is 0.251 e. The quantitative estimate of drug-likeness (QED) is 0.696. The van der Waals surface area contributed by atoms with Crippen molar-refractivity contribution in [3.63, 3.8) is 0 Å². The topological polar surface area (TPSA) is 56.1 Å². The third-order valence-corrected chi connectivity index (χ3v) is 5.57. The fourth-order valence-electron chi connectivity index (χ4n) is 3.68. The molecule has 28 heavy (non-hydrogen) atoms. The zero-order chi connectivity index (χ0) is 19.5. The maximum Gasteiger partial charge on any atom is 0.251 e. The second kappa shape index (κ2) is 8.07. The van der Waals surface area contributed by atoms with E-state index in [0.29, 0.717) is 12.1 Å². The van der Waals surface area contributed by atoms with Crippen LogP contribution in [0.15, 0.2) is 54.7 Å². The number of carbonyl (C=O) groups excluding carboxylic acids is 1. The first-order valence-corrected chi connectivity index (χ1v) is 9.76. The van der Waals surface area contributed by atoms with Crippen molar-refractivity contribution in [1.29, 1.82) is 0 Å². The minimum Gasteiger partial charge on any atom is -0.497 e. The number of carbonyl (C=O) groups is 1. The normalized spacial score (nSPS) is 15.7. The van der Waals surface area contributed by atoms with Crippen molar-refractivity contribution in [3.8, 4) is 5.75 Å². The third-order valence-electron chi connectivity index (χ3n) is 5.20. The molecule has 1 aliphatic rings. The lowest BCUT2D eigenvalue weighted by Gasteiger charge is -2.24. The van der Waals surface area contributed by atoms with Crippen LogP contribution in [-0.2, 0) is 13.0 Å². The number of rotatable bonds is 5. The molecule has 0 bridgehead atoms. The van der Waals surface area contributed by atoms with E-state index < -0.39 is 0 Å². The van der Waals surface area contributed by atoms with Crippen LogP contribution in [0.25, 0.3) is 0 Å². The Morgan fingerprint density at radius 2 is 2.04 bits per heavy atom. The van der Waals surface area contributed by atoms with Crippen molar-refractivity contribution in [2.24, 2.45) is 0 Å². The first kappa shape index (κ1) is 18.6. The number of hydrogen-bond donors (Lipinski definition) is 1. The lowest BCUT2D eigenvalue weighted by Crippen LogP contribution is -2.31. The lowest BCUT2D eigenvalue weighted by molar-refractivity contribution is 0.0932. The first-order chi connectivity index (χ1) is 13.7. The van der Waals surface area contributed by atoms with Gasteiger partial charge in [-0.3, -0.25) is 9.48 Å². The maximum absolute atomic E-state index is 12.7. The minimum absolute atomic E-state index is 0.0293. The summed E-state index contributed by atoms with van der Waals surface area (Å²) in [6, 6.07) is 14.9. The van der Waals surface area contributed by atoms with E-state index in [4.69, 9.17) is 16.3 Å². The van der Waals surface area contributed by atoms with Gasteiger partial charge in [0.05, 0.1) is 25.9 Å². The SMILES string of the molecule is COc1ccc(C(=O)N[C@@H]2CCCc3c2cnn3Cc2ccccc2Cl)cc1. The van der Waals surface area contributed by atoms with Crippen molar-refractivity contribution in [2.75, 3.05) is 7.11 Å². The van der Waals surface area contributed by atoms with Gasteiger partial charge in [-0.15, -0.1) is 0 Å². The van der Waals surface area contributed by atoms with E-state index in [2.05, 4.69) is 10.4 Å². The van der Waals surface area contributed by atoms with E-state index >= 15 is 0 Å². The van der Waals surface area contributed by atoms with Gasteiger partial charge in [0, 0.05) is 21.8 Å². The highest BCUT2D eigenvalue weighted by atomic mass is 35.5. The van der Waals surface area contributed by atoms with Crippen LogP contribution >= 0.6 is 11.6 Å². The van der Waals surface area contributed by atoms with Crippen LogP contribution in [0.1, 0.15) is 46.1 Å². The molecule has 6 heteroatoms. The van der Waals surface area contributed by atoms with Crippen LogP contribution in [0.4, 0.5) is 0 Å². The molecule has 1 amide bonds. The Balaban J connectivity index is 1.52. The predicted molar refractivity (Wildman–Crippen MR) is 109 cm³/mol. The maximum atomic E-state index is 12.7. The van der Waals surface area contributed by atoms with Gasteiger partial charge in [0.25, 0.3) is 5.91 Å². The molecule has 0 spiro atoms. The number of amides is 1. The van der Waals surface area contributed by atoms with E-state index in [-0.39, 0.29) is 11.9 Å². The predicted octanol–water partition coefficient (Wildman–Crippen LogP) is 4.40. The Morgan fingerprint density at radius 1 is 1.25 bits per heavy atom. The highest BCUT2D eigenvalue weighted by molar-refractivity contribution is 6.31. The molecular weight excluding hydrogens is 374 g/mol. The van der Waals surface area contributed by atoms with Crippen molar-refractivity contribution >= 4 is 17.5 Å². The monoisotopic (exact) mass is 395 g/mol. The van der Waals surface area contributed by atoms with Crippen LogP contribution < -0.4 is 10.1 Å². The molecule has 0 saturated carbocycles. The standard InChI is InChI=1S/C22H22ClN3O2/c1-28-17-11-9-15(10-12-17)22(27)25-20-7-4-8-21-18(20)13-24-26(21)14-16-5-2-3-6-19(16)23/h2-3,5-6,9-13,20H,4,7-8,14H2,1H3,(H,25,27)/t20-/m1/s1. The average molecular weight is 396 g/mol. The molecule has 5 nitrogen and oxygen atoms in total. The third kappa shape index (κ3) is 3.76. The van der Waals surface area contributed by atoms with Gasteiger partial charge >= 0.3 is 0 Å². The number of halogens is 1. The Morgan fingerprint density at radius 3 is 2.79 bits per heavy atom. The summed E-state index contributed by atoms with van der Waals surface area (Å²) in [5.41, 5.74) is 3.93. The van der Waals surface area contributed by atoms with Crippen molar-refractivity contribution in [1.82, 2.24) is 15.1 Å². The second-order valence-electron chi connectivity index (χ2n) is 6.94. The number of fused-ring (bicyclic) bond motifs is 1. The van der Waals surface area contributed by atoms with Gasteiger partial charge in [0.2, 0.25) is 0 Å². The highest BCUT2D eigenvalue weighted by Crippen LogP contribution is 2.31. The number of ether oxygens (including phenoxy) is 1. The summed E-state index contributed by atoms with van der Waals surface area (Å²) in [5, 5.41) is 8.48. The molecule has 144 valence electrons. The summed E-state index contributed by atoms with van der Waals surface area (Å²) < 4.78 is 7.16.